The van der Waals surface area contributed by atoms with E-state index in [1.54, 1.807) is 12.1 Å². The molecule has 0 aromatic carbocycles. The van der Waals surface area contributed by atoms with E-state index in [9.17, 15) is 4.79 Å². The molecule has 1 amide bonds. The van der Waals surface area contributed by atoms with Gasteiger partial charge in [0.2, 0.25) is 5.91 Å². The number of hydrogen-bond acceptors (Lipinski definition) is 5. The Hall–Kier alpha value is -2.13. The predicted molar refractivity (Wildman–Crippen MR) is 80.5 cm³/mol. The lowest BCUT2D eigenvalue weighted by Crippen LogP contribution is -2.46. The van der Waals surface area contributed by atoms with Gasteiger partial charge < -0.3 is 16.0 Å². The molecule has 1 aromatic heterocycles. The highest BCUT2D eigenvalue weighted by Crippen LogP contribution is 2.10. The summed E-state index contributed by atoms with van der Waals surface area (Å²) in [5, 5.41) is 11.8. The van der Waals surface area contributed by atoms with Crippen LogP contribution < -0.4 is 11.1 Å². The fourth-order valence-electron chi connectivity index (χ4n) is 2.39. The van der Waals surface area contributed by atoms with Gasteiger partial charge in [-0.25, -0.2) is 4.98 Å². The molecule has 0 aliphatic carbocycles. The van der Waals surface area contributed by atoms with Crippen LogP contribution in [0.5, 0.6) is 0 Å². The minimum atomic E-state index is -0.464. The number of likely N-dealkylation sites (tertiary alicyclic amines) is 1. The van der Waals surface area contributed by atoms with Crippen LogP contribution in [0.4, 0.5) is 5.82 Å². The summed E-state index contributed by atoms with van der Waals surface area (Å²) in [6.45, 7) is 2.24. The zero-order chi connectivity index (χ0) is 15.1. The van der Waals surface area contributed by atoms with Gasteiger partial charge in [0.05, 0.1) is 11.6 Å². The number of pyridine rings is 1. The summed E-state index contributed by atoms with van der Waals surface area (Å²) in [5.41, 5.74) is 6.49. The summed E-state index contributed by atoms with van der Waals surface area (Å²) in [7, 11) is 0. The number of carbonyl (C=O) groups is 1. The van der Waals surface area contributed by atoms with E-state index in [0.29, 0.717) is 24.3 Å². The van der Waals surface area contributed by atoms with Crippen molar-refractivity contribution in [2.45, 2.75) is 31.7 Å². The van der Waals surface area contributed by atoms with Gasteiger partial charge in [0.25, 0.3) is 0 Å². The quantitative estimate of drug-likeness (QED) is 0.845. The van der Waals surface area contributed by atoms with Crippen LogP contribution >= 0.6 is 0 Å². The van der Waals surface area contributed by atoms with Gasteiger partial charge in [-0.05, 0) is 37.8 Å². The molecule has 1 atom stereocenters. The molecule has 6 heteroatoms. The third-order valence-corrected chi connectivity index (χ3v) is 3.64. The lowest BCUT2D eigenvalue weighted by molar-refractivity contribution is -0.133. The molecule has 21 heavy (non-hydrogen) atoms. The molecule has 0 radical (unpaired) electrons. The lowest BCUT2D eigenvalue weighted by Gasteiger charge is -2.29. The van der Waals surface area contributed by atoms with Crippen molar-refractivity contribution < 1.29 is 4.79 Å². The Labute approximate surface area is 124 Å². The van der Waals surface area contributed by atoms with E-state index in [4.69, 9.17) is 11.0 Å². The molecule has 0 bridgehead atoms. The Bertz CT molecular complexity index is 502. The molecule has 3 N–H and O–H groups in total. The van der Waals surface area contributed by atoms with Gasteiger partial charge in [-0.15, -0.1) is 0 Å². The van der Waals surface area contributed by atoms with Gasteiger partial charge in [-0.2, -0.15) is 5.26 Å². The molecule has 2 heterocycles. The van der Waals surface area contributed by atoms with Crippen molar-refractivity contribution in [2.75, 3.05) is 25.0 Å². The molecule has 0 unspecified atom stereocenters. The average Bonchev–Trinajstić information content (AvgIpc) is 2.55. The number of hydrogen-bond donors (Lipinski definition) is 2. The van der Waals surface area contributed by atoms with E-state index in [-0.39, 0.29) is 5.91 Å². The van der Waals surface area contributed by atoms with E-state index < -0.39 is 6.04 Å². The molecule has 1 aliphatic rings. The number of aromatic nitrogens is 1. The minimum absolute atomic E-state index is 0.0456. The molecule has 1 saturated heterocycles. The first kappa shape index (κ1) is 15.3. The third kappa shape index (κ3) is 4.43. The number of rotatable bonds is 5. The molecular weight excluding hydrogens is 266 g/mol. The summed E-state index contributed by atoms with van der Waals surface area (Å²) in [5.74, 6) is 0.732. The summed E-state index contributed by atoms with van der Waals surface area (Å²) in [6, 6.07) is 5.00. The van der Waals surface area contributed by atoms with Crippen molar-refractivity contribution >= 4 is 11.7 Å². The SMILES string of the molecule is N#Cc1ccc(NCC[C@H](N)C(=O)N2CCCCC2)nc1. The van der Waals surface area contributed by atoms with Crippen LogP contribution in [0.3, 0.4) is 0 Å². The molecule has 2 rings (SSSR count). The number of amides is 1. The van der Waals surface area contributed by atoms with Gasteiger partial charge >= 0.3 is 0 Å². The van der Waals surface area contributed by atoms with Crippen molar-refractivity contribution in [2.24, 2.45) is 5.73 Å². The fourth-order valence-corrected chi connectivity index (χ4v) is 2.39. The summed E-state index contributed by atoms with van der Waals surface area (Å²) in [4.78, 5) is 18.1. The second kappa shape index (κ2) is 7.60. The smallest absolute Gasteiger partial charge is 0.239 e. The Morgan fingerprint density at radius 1 is 1.43 bits per heavy atom. The van der Waals surface area contributed by atoms with Crippen molar-refractivity contribution in [1.29, 1.82) is 5.26 Å². The fraction of sp³-hybridized carbons (Fsp3) is 0.533. The largest absolute Gasteiger partial charge is 0.370 e. The number of nitrogens with one attached hydrogen (secondary N) is 1. The number of nitrogens with zero attached hydrogens (tertiary/aromatic N) is 3. The maximum Gasteiger partial charge on any atom is 0.239 e. The number of piperidine rings is 1. The van der Waals surface area contributed by atoms with Gasteiger partial charge in [0.15, 0.2) is 0 Å². The molecular formula is C15H21N5O. The second-order valence-electron chi connectivity index (χ2n) is 5.25. The van der Waals surface area contributed by atoms with Crippen LogP contribution in [0, 0.1) is 11.3 Å². The third-order valence-electron chi connectivity index (χ3n) is 3.64. The minimum Gasteiger partial charge on any atom is -0.370 e. The Balaban J connectivity index is 1.74. The predicted octanol–water partition coefficient (Wildman–Crippen LogP) is 1.10. The Morgan fingerprint density at radius 2 is 2.19 bits per heavy atom. The first-order valence-electron chi connectivity index (χ1n) is 7.35. The lowest BCUT2D eigenvalue weighted by atomic mass is 10.1. The maximum absolute atomic E-state index is 12.1. The summed E-state index contributed by atoms with van der Waals surface area (Å²) < 4.78 is 0. The van der Waals surface area contributed by atoms with Gasteiger partial charge in [-0.1, -0.05) is 0 Å². The van der Waals surface area contributed by atoms with E-state index in [1.807, 2.05) is 11.0 Å². The molecule has 0 spiro atoms. The van der Waals surface area contributed by atoms with Crippen LogP contribution in [0.1, 0.15) is 31.2 Å². The molecule has 1 aliphatic heterocycles. The first-order valence-corrected chi connectivity index (χ1v) is 7.35. The standard InChI is InChI=1S/C15H21N5O/c16-10-12-4-5-14(19-11-12)18-7-6-13(17)15(21)20-8-2-1-3-9-20/h4-5,11,13H,1-3,6-9,17H2,(H,18,19)/t13-/m0/s1. The Kier molecular flexibility index (Phi) is 5.52. The van der Waals surface area contributed by atoms with Crippen molar-refractivity contribution in [3.8, 4) is 6.07 Å². The van der Waals surface area contributed by atoms with Crippen LogP contribution in [0.25, 0.3) is 0 Å². The molecule has 0 saturated carbocycles. The number of nitrogens with two attached hydrogens (primary N) is 1. The molecule has 1 aromatic rings. The second-order valence-corrected chi connectivity index (χ2v) is 5.25. The van der Waals surface area contributed by atoms with Gasteiger partial charge in [-0.3, -0.25) is 4.79 Å². The topological polar surface area (TPSA) is 95.0 Å². The highest BCUT2D eigenvalue weighted by atomic mass is 16.2. The average molecular weight is 287 g/mol. The molecule has 1 fully saturated rings. The number of nitriles is 1. The number of anilines is 1. The van der Waals surface area contributed by atoms with Crippen molar-refractivity contribution in [3.05, 3.63) is 23.9 Å². The highest BCUT2D eigenvalue weighted by Gasteiger charge is 2.21. The zero-order valence-electron chi connectivity index (χ0n) is 12.1. The first-order chi connectivity index (χ1) is 10.2. The van der Waals surface area contributed by atoms with E-state index in [0.717, 1.165) is 25.9 Å². The van der Waals surface area contributed by atoms with Crippen LogP contribution in [-0.2, 0) is 4.79 Å². The molecule has 112 valence electrons. The summed E-state index contributed by atoms with van der Waals surface area (Å²) in [6.07, 6.45) is 5.43. The van der Waals surface area contributed by atoms with E-state index in [1.165, 1.54) is 12.6 Å². The summed E-state index contributed by atoms with van der Waals surface area (Å²) >= 11 is 0. The van der Waals surface area contributed by atoms with Gasteiger partial charge in [0.1, 0.15) is 11.9 Å². The number of carbonyl (C=O) groups excluding carboxylic acids is 1. The molecule has 6 nitrogen and oxygen atoms in total. The van der Waals surface area contributed by atoms with Crippen LogP contribution in [-0.4, -0.2) is 41.5 Å². The van der Waals surface area contributed by atoms with Gasteiger partial charge in [0, 0.05) is 25.8 Å². The highest BCUT2D eigenvalue weighted by molar-refractivity contribution is 5.81. The van der Waals surface area contributed by atoms with E-state index >= 15 is 0 Å². The maximum atomic E-state index is 12.1. The monoisotopic (exact) mass is 287 g/mol. The van der Waals surface area contributed by atoms with Crippen molar-refractivity contribution in [1.82, 2.24) is 9.88 Å². The van der Waals surface area contributed by atoms with E-state index in [2.05, 4.69) is 10.3 Å². The Morgan fingerprint density at radius 3 is 2.81 bits per heavy atom. The van der Waals surface area contributed by atoms with Crippen LogP contribution in [0.15, 0.2) is 18.3 Å². The zero-order valence-corrected chi connectivity index (χ0v) is 12.1. The normalized spacial score (nSPS) is 16.1. The van der Waals surface area contributed by atoms with Crippen LogP contribution in [0.2, 0.25) is 0 Å². The van der Waals surface area contributed by atoms with Crippen molar-refractivity contribution in [3.63, 3.8) is 0 Å².